The van der Waals surface area contributed by atoms with Crippen molar-refractivity contribution in [1.82, 2.24) is 0 Å². The molecule has 0 atom stereocenters. The number of halogens is 1. The molecule has 0 aliphatic carbocycles. The molecule has 1 amide bonds. The molecule has 0 aromatic heterocycles. The molecule has 0 aliphatic rings. The molecule has 0 heterocycles. The molecule has 2 aromatic rings. The quantitative estimate of drug-likeness (QED) is 0.790. The zero-order chi connectivity index (χ0) is 17.5. The van der Waals surface area contributed by atoms with Gasteiger partial charge in [0.2, 0.25) is 5.91 Å². The van der Waals surface area contributed by atoms with Crippen molar-refractivity contribution in [2.24, 2.45) is 0 Å². The summed E-state index contributed by atoms with van der Waals surface area (Å²) in [6.45, 7) is 2.43. The Morgan fingerprint density at radius 3 is 2.54 bits per heavy atom. The van der Waals surface area contributed by atoms with Gasteiger partial charge in [-0.3, -0.25) is 4.79 Å². The van der Waals surface area contributed by atoms with E-state index >= 15 is 0 Å². The second kappa shape index (κ2) is 8.45. The van der Waals surface area contributed by atoms with Gasteiger partial charge in [-0.1, -0.05) is 17.7 Å². The predicted octanol–water partition coefficient (Wildman–Crippen LogP) is 4.11. The smallest absolute Gasteiger partial charge is 0.226 e. The maximum atomic E-state index is 12.1. The molecule has 0 fully saturated rings. The Labute approximate surface area is 146 Å². The zero-order valence-electron chi connectivity index (χ0n) is 14.0. The summed E-state index contributed by atoms with van der Waals surface area (Å²) >= 11 is 5.95. The van der Waals surface area contributed by atoms with E-state index in [1.807, 2.05) is 31.2 Å². The summed E-state index contributed by atoms with van der Waals surface area (Å²) in [6, 6.07) is 10.9. The number of nitrogens with one attached hydrogen (secondary N) is 2. The Morgan fingerprint density at radius 1 is 1.08 bits per heavy atom. The van der Waals surface area contributed by atoms with Crippen LogP contribution in [0.2, 0.25) is 5.02 Å². The fourth-order valence-electron chi connectivity index (χ4n) is 2.21. The third-order valence-electron chi connectivity index (χ3n) is 3.54. The number of carbonyl (C=O) groups is 1. The number of hydrogen-bond acceptors (Lipinski definition) is 4. The molecule has 2 aromatic carbocycles. The fraction of sp³-hybridized carbons (Fsp3) is 0.278. The molecule has 0 unspecified atom stereocenters. The van der Waals surface area contributed by atoms with Crippen molar-refractivity contribution in [2.75, 3.05) is 31.4 Å². The minimum absolute atomic E-state index is 0.0756. The summed E-state index contributed by atoms with van der Waals surface area (Å²) in [7, 11) is 3.18. The van der Waals surface area contributed by atoms with Crippen molar-refractivity contribution in [1.29, 1.82) is 0 Å². The Balaban J connectivity index is 1.87. The van der Waals surface area contributed by atoms with Crippen molar-refractivity contribution in [3.8, 4) is 11.5 Å². The Bertz CT molecular complexity index is 719. The summed E-state index contributed by atoms with van der Waals surface area (Å²) in [6.07, 6.45) is 0.334. The first-order chi connectivity index (χ1) is 11.5. The van der Waals surface area contributed by atoms with Crippen LogP contribution in [0.1, 0.15) is 12.0 Å². The molecular weight excluding hydrogens is 328 g/mol. The van der Waals surface area contributed by atoms with Gasteiger partial charge in [0.1, 0.15) is 0 Å². The van der Waals surface area contributed by atoms with E-state index in [-0.39, 0.29) is 5.91 Å². The molecule has 6 heteroatoms. The van der Waals surface area contributed by atoms with Gasteiger partial charge in [0.15, 0.2) is 11.5 Å². The zero-order valence-corrected chi connectivity index (χ0v) is 14.7. The first kappa shape index (κ1) is 17.9. The number of rotatable bonds is 7. The number of amides is 1. The van der Waals surface area contributed by atoms with Crippen LogP contribution < -0.4 is 20.1 Å². The SMILES string of the molecule is COc1ccc(NCCC(=O)Nc2cc(Cl)ccc2C)cc1OC. The molecule has 0 spiro atoms. The van der Waals surface area contributed by atoms with Crippen LogP contribution in [-0.4, -0.2) is 26.7 Å². The molecule has 0 saturated heterocycles. The van der Waals surface area contributed by atoms with Crippen molar-refractivity contribution in [2.45, 2.75) is 13.3 Å². The second-order valence-corrected chi connectivity index (χ2v) is 5.69. The number of anilines is 2. The molecule has 0 aliphatic heterocycles. The molecule has 0 radical (unpaired) electrons. The van der Waals surface area contributed by atoms with Crippen molar-refractivity contribution >= 4 is 28.9 Å². The number of carbonyl (C=O) groups excluding carboxylic acids is 1. The Kier molecular flexibility index (Phi) is 6.32. The fourth-order valence-corrected chi connectivity index (χ4v) is 2.38. The third kappa shape index (κ3) is 4.80. The highest BCUT2D eigenvalue weighted by Gasteiger charge is 2.07. The number of hydrogen-bond donors (Lipinski definition) is 2. The van der Waals surface area contributed by atoms with Gasteiger partial charge in [0, 0.05) is 35.4 Å². The molecule has 2 N–H and O–H groups in total. The van der Waals surface area contributed by atoms with Crippen LogP contribution in [-0.2, 0) is 4.79 Å². The summed E-state index contributed by atoms with van der Waals surface area (Å²) in [5.74, 6) is 1.23. The van der Waals surface area contributed by atoms with Gasteiger partial charge in [-0.15, -0.1) is 0 Å². The van der Waals surface area contributed by atoms with E-state index in [1.165, 1.54) is 0 Å². The van der Waals surface area contributed by atoms with Crippen LogP contribution in [0.25, 0.3) is 0 Å². The van der Waals surface area contributed by atoms with Crippen molar-refractivity contribution in [3.05, 3.63) is 47.0 Å². The van der Waals surface area contributed by atoms with Crippen LogP contribution in [0.4, 0.5) is 11.4 Å². The van der Waals surface area contributed by atoms with E-state index in [0.29, 0.717) is 29.5 Å². The van der Waals surface area contributed by atoms with Gasteiger partial charge in [-0.2, -0.15) is 0 Å². The van der Waals surface area contributed by atoms with Crippen LogP contribution in [0.3, 0.4) is 0 Å². The Hall–Kier alpha value is -2.40. The summed E-state index contributed by atoms with van der Waals surface area (Å²) < 4.78 is 10.4. The van der Waals surface area contributed by atoms with E-state index < -0.39 is 0 Å². The number of benzene rings is 2. The highest BCUT2D eigenvalue weighted by molar-refractivity contribution is 6.31. The standard InChI is InChI=1S/C18H21ClN2O3/c1-12-4-5-13(19)10-15(12)21-18(22)8-9-20-14-6-7-16(23-2)17(11-14)24-3/h4-7,10-11,20H,8-9H2,1-3H3,(H,21,22). The topological polar surface area (TPSA) is 59.6 Å². The maximum Gasteiger partial charge on any atom is 0.226 e. The van der Waals surface area contributed by atoms with Crippen LogP contribution in [0.15, 0.2) is 36.4 Å². The number of ether oxygens (including phenoxy) is 2. The first-order valence-electron chi connectivity index (χ1n) is 7.55. The van der Waals surface area contributed by atoms with Gasteiger partial charge < -0.3 is 20.1 Å². The lowest BCUT2D eigenvalue weighted by Crippen LogP contribution is -2.16. The lowest BCUT2D eigenvalue weighted by Gasteiger charge is -2.12. The highest BCUT2D eigenvalue weighted by atomic mass is 35.5. The van der Waals surface area contributed by atoms with Gasteiger partial charge in [0.25, 0.3) is 0 Å². The predicted molar refractivity (Wildman–Crippen MR) is 97.5 cm³/mol. The van der Waals surface area contributed by atoms with E-state index in [9.17, 15) is 4.79 Å². The summed E-state index contributed by atoms with van der Waals surface area (Å²) in [5.41, 5.74) is 2.57. The average Bonchev–Trinajstić information content (AvgIpc) is 2.58. The largest absolute Gasteiger partial charge is 0.493 e. The minimum atomic E-state index is -0.0756. The highest BCUT2D eigenvalue weighted by Crippen LogP contribution is 2.29. The lowest BCUT2D eigenvalue weighted by molar-refractivity contribution is -0.115. The van der Waals surface area contributed by atoms with Crippen molar-refractivity contribution in [3.63, 3.8) is 0 Å². The van der Waals surface area contributed by atoms with E-state index in [2.05, 4.69) is 10.6 Å². The van der Waals surface area contributed by atoms with E-state index in [0.717, 1.165) is 16.9 Å². The number of methoxy groups -OCH3 is 2. The van der Waals surface area contributed by atoms with Crippen molar-refractivity contribution < 1.29 is 14.3 Å². The van der Waals surface area contributed by atoms with Gasteiger partial charge in [-0.05, 0) is 36.8 Å². The molecule has 128 valence electrons. The van der Waals surface area contributed by atoms with Crippen LogP contribution in [0.5, 0.6) is 11.5 Å². The monoisotopic (exact) mass is 348 g/mol. The van der Waals surface area contributed by atoms with E-state index in [4.69, 9.17) is 21.1 Å². The van der Waals surface area contributed by atoms with Gasteiger partial charge in [0.05, 0.1) is 14.2 Å². The van der Waals surface area contributed by atoms with Gasteiger partial charge in [-0.25, -0.2) is 0 Å². The Morgan fingerprint density at radius 2 is 1.83 bits per heavy atom. The molecule has 24 heavy (non-hydrogen) atoms. The van der Waals surface area contributed by atoms with Gasteiger partial charge >= 0.3 is 0 Å². The molecular formula is C18H21ClN2O3. The van der Waals surface area contributed by atoms with Crippen LogP contribution in [0, 0.1) is 6.92 Å². The maximum absolute atomic E-state index is 12.1. The summed E-state index contributed by atoms with van der Waals surface area (Å²) in [4.78, 5) is 12.1. The lowest BCUT2D eigenvalue weighted by atomic mass is 10.2. The molecule has 5 nitrogen and oxygen atoms in total. The molecule has 0 saturated carbocycles. The number of aryl methyl sites for hydroxylation is 1. The second-order valence-electron chi connectivity index (χ2n) is 5.25. The molecule has 0 bridgehead atoms. The first-order valence-corrected chi connectivity index (χ1v) is 7.93. The average molecular weight is 349 g/mol. The molecule has 2 rings (SSSR count). The summed E-state index contributed by atoms with van der Waals surface area (Å²) in [5, 5.41) is 6.66. The third-order valence-corrected chi connectivity index (χ3v) is 3.77. The minimum Gasteiger partial charge on any atom is -0.493 e. The normalized spacial score (nSPS) is 10.2. The van der Waals surface area contributed by atoms with E-state index in [1.54, 1.807) is 26.4 Å². The van der Waals surface area contributed by atoms with Crippen LogP contribution >= 0.6 is 11.6 Å².